The van der Waals surface area contributed by atoms with Crippen molar-refractivity contribution in [3.05, 3.63) is 47.0 Å². The first kappa shape index (κ1) is 29.4. The van der Waals surface area contributed by atoms with E-state index in [0.29, 0.717) is 25.1 Å². The molecule has 0 fully saturated rings. The van der Waals surface area contributed by atoms with Gasteiger partial charge < -0.3 is 19.9 Å². The SMILES string of the molecule is COCC(C)(CCCNC(=O)CCc1cc(C(C)C)c(O)c(-n2nc3ccc(C(F)(F)F)cc3n2)c1)OC. The van der Waals surface area contributed by atoms with Gasteiger partial charge in [-0.15, -0.1) is 15.0 Å². The smallest absolute Gasteiger partial charge is 0.416 e. The number of carbonyl (C=O) groups excluding carboxylic acids is 1. The van der Waals surface area contributed by atoms with Crippen LogP contribution in [0.3, 0.4) is 0 Å². The summed E-state index contributed by atoms with van der Waals surface area (Å²) < 4.78 is 50.0. The van der Waals surface area contributed by atoms with Crippen molar-refractivity contribution >= 4 is 16.9 Å². The Bertz CT molecular complexity index is 1260. The van der Waals surface area contributed by atoms with Gasteiger partial charge in [-0.25, -0.2) is 0 Å². The zero-order valence-corrected chi connectivity index (χ0v) is 22.4. The molecule has 1 heterocycles. The van der Waals surface area contributed by atoms with Gasteiger partial charge in [-0.3, -0.25) is 4.79 Å². The van der Waals surface area contributed by atoms with E-state index in [4.69, 9.17) is 9.47 Å². The quantitative estimate of drug-likeness (QED) is 0.311. The van der Waals surface area contributed by atoms with Crippen LogP contribution in [-0.2, 0) is 26.9 Å². The second-order valence-corrected chi connectivity index (χ2v) is 9.94. The van der Waals surface area contributed by atoms with Gasteiger partial charge in [-0.2, -0.15) is 13.2 Å². The summed E-state index contributed by atoms with van der Waals surface area (Å²) in [6, 6.07) is 6.62. The molecule has 11 heteroatoms. The molecule has 3 aromatic rings. The lowest BCUT2D eigenvalue weighted by molar-refractivity contribution is -0.137. The van der Waals surface area contributed by atoms with Crippen LogP contribution in [0, 0.1) is 0 Å². The Morgan fingerprint density at radius 2 is 1.84 bits per heavy atom. The number of ether oxygens (including phenoxy) is 2. The summed E-state index contributed by atoms with van der Waals surface area (Å²) >= 11 is 0. The standard InChI is InChI=1S/C27H35F3N4O4/c1-17(2)20-13-18(7-10-24(35)31-12-6-11-26(3,38-5)16-37-4)14-23(25(20)36)34-32-21-9-8-19(27(28,29)30)15-22(21)33-34/h8-9,13-15,17,36H,6-7,10-12,16H2,1-5H3,(H,31,35). The second-order valence-electron chi connectivity index (χ2n) is 9.94. The third-order valence-corrected chi connectivity index (χ3v) is 6.51. The van der Waals surface area contributed by atoms with Crippen LogP contribution in [0.4, 0.5) is 13.2 Å². The van der Waals surface area contributed by atoms with Crippen LogP contribution in [0.25, 0.3) is 16.7 Å². The van der Waals surface area contributed by atoms with Gasteiger partial charge in [0.1, 0.15) is 22.5 Å². The third-order valence-electron chi connectivity index (χ3n) is 6.51. The maximum Gasteiger partial charge on any atom is 0.416 e. The number of nitrogens with zero attached hydrogens (tertiary/aromatic N) is 3. The Morgan fingerprint density at radius 3 is 2.47 bits per heavy atom. The molecule has 2 N–H and O–H groups in total. The van der Waals surface area contributed by atoms with Crippen molar-refractivity contribution in [3.63, 3.8) is 0 Å². The molecule has 3 rings (SSSR count). The van der Waals surface area contributed by atoms with E-state index in [-0.39, 0.29) is 40.7 Å². The highest BCUT2D eigenvalue weighted by Crippen LogP contribution is 2.34. The predicted molar refractivity (Wildman–Crippen MR) is 137 cm³/mol. The molecule has 208 valence electrons. The summed E-state index contributed by atoms with van der Waals surface area (Å²) in [7, 11) is 3.25. The molecule has 0 aliphatic heterocycles. The number of aryl methyl sites for hydroxylation is 1. The molecule has 0 aliphatic rings. The lowest BCUT2D eigenvalue weighted by Crippen LogP contribution is -2.34. The second kappa shape index (κ2) is 12.1. The lowest BCUT2D eigenvalue weighted by Gasteiger charge is -2.27. The largest absolute Gasteiger partial charge is 0.505 e. The summed E-state index contributed by atoms with van der Waals surface area (Å²) in [6.45, 7) is 6.75. The molecule has 2 aromatic carbocycles. The van der Waals surface area contributed by atoms with E-state index in [2.05, 4.69) is 15.5 Å². The van der Waals surface area contributed by atoms with Crippen LogP contribution in [0.15, 0.2) is 30.3 Å². The van der Waals surface area contributed by atoms with Gasteiger partial charge in [-0.05, 0) is 67.5 Å². The fourth-order valence-corrected chi connectivity index (χ4v) is 4.21. The summed E-state index contributed by atoms with van der Waals surface area (Å²) in [6.07, 6.45) is -2.41. The highest BCUT2D eigenvalue weighted by molar-refractivity contribution is 5.76. The van der Waals surface area contributed by atoms with Gasteiger partial charge in [-0.1, -0.05) is 19.9 Å². The van der Waals surface area contributed by atoms with Gasteiger partial charge in [0.25, 0.3) is 0 Å². The molecule has 0 aliphatic carbocycles. The van der Waals surface area contributed by atoms with E-state index in [0.717, 1.165) is 35.3 Å². The monoisotopic (exact) mass is 536 g/mol. The van der Waals surface area contributed by atoms with E-state index >= 15 is 0 Å². The first-order valence-corrected chi connectivity index (χ1v) is 12.5. The molecule has 1 amide bonds. The van der Waals surface area contributed by atoms with Gasteiger partial charge in [0.05, 0.1) is 17.8 Å². The third kappa shape index (κ3) is 7.22. The number of fused-ring (bicyclic) bond motifs is 1. The van der Waals surface area contributed by atoms with Crippen molar-refractivity contribution in [2.45, 2.75) is 64.1 Å². The first-order valence-electron chi connectivity index (χ1n) is 12.5. The van der Waals surface area contributed by atoms with Gasteiger partial charge in [0.15, 0.2) is 0 Å². The molecule has 38 heavy (non-hydrogen) atoms. The number of benzene rings is 2. The number of aromatic hydroxyl groups is 1. The van der Waals surface area contributed by atoms with E-state index in [1.54, 1.807) is 20.3 Å². The number of carbonyl (C=O) groups is 1. The fraction of sp³-hybridized carbons (Fsp3) is 0.519. The normalized spacial score (nSPS) is 13.7. The van der Waals surface area contributed by atoms with Gasteiger partial charge in [0, 0.05) is 27.2 Å². The average Bonchev–Trinajstić information content (AvgIpc) is 3.28. The number of methoxy groups -OCH3 is 2. The number of halogens is 3. The molecule has 1 unspecified atom stereocenters. The van der Waals surface area contributed by atoms with Gasteiger partial charge in [0.2, 0.25) is 5.91 Å². The predicted octanol–water partition coefficient (Wildman–Crippen LogP) is 5.15. The molecule has 0 saturated carbocycles. The van der Waals surface area contributed by atoms with Crippen molar-refractivity contribution in [1.82, 2.24) is 20.3 Å². The highest BCUT2D eigenvalue weighted by atomic mass is 19.4. The summed E-state index contributed by atoms with van der Waals surface area (Å²) in [5, 5.41) is 22.3. The van der Waals surface area contributed by atoms with Crippen LogP contribution in [-0.4, -0.2) is 59.0 Å². The molecular weight excluding hydrogens is 501 g/mol. The van der Waals surface area contributed by atoms with E-state index in [1.165, 1.54) is 6.07 Å². The van der Waals surface area contributed by atoms with Crippen molar-refractivity contribution < 1.29 is 32.5 Å². The van der Waals surface area contributed by atoms with Crippen LogP contribution < -0.4 is 5.32 Å². The van der Waals surface area contributed by atoms with Crippen molar-refractivity contribution in [2.75, 3.05) is 27.4 Å². The number of hydrogen-bond donors (Lipinski definition) is 2. The highest BCUT2D eigenvalue weighted by Gasteiger charge is 2.31. The molecule has 0 saturated heterocycles. The van der Waals surface area contributed by atoms with Crippen molar-refractivity contribution in [3.8, 4) is 11.4 Å². The molecule has 0 bridgehead atoms. The van der Waals surface area contributed by atoms with E-state index in [9.17, 15) is 23.1 Å². The van der Waals surface area contributed by atoms with Crippen molar-refractivity contribution in [1.29, 1.82) is 0 Å². The maximum absolute atomic E-state index is 13.1. The number of nitrogens with one attached hydrogen (secondary N) is 1. The molecule has 1 aromatic heterocycles. The van der Waals surface area contributed by atoms with Crippen LogP contribution in [0.2, 0.25) is 0 Å². The summed E-state index contributed by atoms with van der Waals surface area (Å²) in [4.78, 5) is 13.6. The van der Waals surface area contributed by atoms with Crippen LogP contribution in [0.5, 0.6) is 5.75 Å². The number of amides is 1. The molecule has 0 spiro atoms. The summed E-state index contributed by atoms with van der Waals surface area (Å²) in [5.74, 6) is -0.215. The number of rotatable bonds is 12. The minimum absolute atomic E-state index is 0.0495. The van der Waals surface area contributed by atoms with E-state index in [1.807, 2.05) is 26.8 Å². The Hall–Kier alpha value is -3.18. The van der Waals surface area contributed by atoms with Crippen molar-refractivity contribution in [2.24, 2.45) is 0 Å². The Morgan fingerprint density at radius 1 is 1.13 bits per heavy atom. The Labute approximate surface area is 220 Å². The molecule has 8 nitrogen and oxygen atoms in total. The maximum atomic E-state index is 13.1. The number of phenols is 1. The topological polar surface area (TPSA) is 98.5 Å². The average molecular weight is 537 g/mol. The lowest BCUT2D eigenvalue weighted by atomic mass is 9.96. The molecule has 0 radical (unpaired) electrons. The number of phenolic OH excluding ortho intramolecular Hbond substituents is 1. The summed E-state index contributed by atoms with van der Waals surface area (Å²) in [5.41, 5.74) is 0.749. The number of alkyl halides is 3. The molecular formula is C27H35F3N4O4. The van der Waals surface area contributed by atoms with Crippen LogP contribution in [0.1, 0.15) is 62.6 Å². The zero-order valence-electron chi connectivity index (χ0n) is 22.4. The Kier molecular flexibility index (Phi) is 9.37. The minimum atomic E-state index is -4.50. The number of hydrogen-bond acceptors (Lipinski definition) is 6. The van der Waals surface area contributed by atoms with E-state index < -0.39 is 17.3 Å². The van der Waals surface area contributed by atoms with Gasteiger partial charge >= 0.3 is 6.18 Å². The Balaban J connectivity index is 1.73. The fourth-order valence-electron chi connectivity index (χ4n) is 4.21. The first-order chi connectivity index (χ1) is 17.9. The zero-order chi connectivity index (χ0) is 28.1. The number of aromatic nitrogens is 3. The van der Waals surface area contributed by atoms with Crippen LogP contribution >= 0.6 is 0 Å². The molecule has 1 atom stereocenters. The minimum Gasteiger partial charge on any atom is -0.505 e.